The van der Waals surface area contributed by atoms with Gasteiger partial charge in [-0.15, -0.1) is 0 Å². The van der Waals surface area contributed by atoms with Crippen molar-refractivity contribution >= 4 is 17.6 Å². The molecule has 1 aliphatic rings. The Morgan fingerprint density at radius 2 is 2.00 bits per heavy atom. The maximum Gasteiger partial charge on any atom is 0.308 e. The molecule has 18 heavy (non-hydrogen) atoms. The van der Waals surface area contributed by atoms with E-state index in [-0.39, 0.29) is 25.5 Å². The zero-order chi connectivity index (χ0) is 13.1. The molecule has 1 atom stereocenters. The molecule has 0 aliphatic carbocycles. The monoisotopic (exact) mass is 249 g/mol. The first-order valence-electron chi connectivity index (χ1n) is 5.85. The van der Waals surface area contributed by atoms with Crippen LogP contribution < -0.4 is 4.90 Å². The number of hydrogen-bond acceptors (Lipinski definition) is 3. The number of carboxylic acid groups (broad SMARTS) is 1. The predicted octanol–water partition coefficient (Wildman–Crippen LogP) is 1.01. The predicted molar refractivity (Wildman–Crippen MR) is 65.1 cm³/mol. The highest BCUT2D eigenvalue weighted by Gasteiger charge is 2.30. The fourth-order valence-corrected chi connectivity index (χ4v) is 2.08. The number of carbonyl (C=O) groups is 2. The second-order valence-electron chi connectivity index (χ2n) is 4.40. The molecular formula is C13H15NO4. The van der Waals surface area contributed by atoms with Crippen LogP contribution in [0.15, 0.2) is 24.3 Å². The van der Waals surface area contributed by atoms with E-state index in [4.69, 9.17) is 10.2 Å². The molecule has 0 saturated carbocycles. The molecule has 1 aromatic rings. The van der Waals surface area contributed by atoms with Crippen molar-refractivity contribution in [3.63, 3.8) is 0 Å². The first-order valence-corrected chi connectivity index (χ1v) is 5.85. The van der Waals surface area contributed by atoms with Gasteiger partial charge in [0, 0.05) is 18.7 Å². The van der Waals surface area contributed by atoms with Crippen LogP contribution in [0.2, 0.25) is 0 Å². The summed E-state index contributed by atoms with van der Waals surface area (Å²) in [6.07, 6.45) is 0.665. The van der Waals surface area contributed by atoms with Crippen LogP contribution >= 0.6 is 0 Å². The Balaban J connectivity index is 2.18. The van der Waals surface area contributed by atoms with E-state index in [2.05, 4.69) is 0 Å². The molecule has 0 aromatic heterocycles. The highest BCUT2D eigenvalue weighted by molar-refractivity contribution is 5.95. The van der Waals surface area contributed by atoms with Gasteiger partial charge in [0.05, 0.1) is 12.5 Å². The summed E-state index contributed by atoms with van der Waals surface area (Å²) in [5.41, 5.74) is 1.45. The van der Waals surface area contributed by atoms with E-state index in [0.717, 1.165) is 5.56 Å². The summed E-state index contributed by atoms with van der Waals surface area (Å²) in [5, 5.41) is 17.9. The third-order valence-electron chi connectivity index (χ3n) is 3.19. The van der Waals surface area contributed by atoms with Gasteiger partial charge >= 0.3 is 5.97 Å². The summed E-state index contributed by atoms with van der Waals surface area (Å²) in [5.74, 6) is -1.41. The van der Waals surface area contributed by atoms with Gasteiger partial charge in [-0.1, -0.05) is 12.1 Å². The number of aliphatic hydroxyl groups excluding tert-OH is 1. The maximum absolute atomic E-state index is 11.8. The van der Waals surface area contributed by atoms with Crippen molar-refractivity contribution < 1.29 is 19.8 Å². The SMILES string of the molecule is O=C(O)C1CCC(=O)N(c2ccc(CO)cc2)C1. The van der Waals surface area contributed by atoms with Gasteiger partial charge in [0.15, 0.2) is 0 Å². The van der Waals surface area contributed by atoms with Crippen LogP contribution in [0, 0.1) is 5.92 Å². The number of benzene rings is 1. The number of carbonyl (C=O) groups excluding carboxylic acids is 1. The van der Waals surface area contributed by atoms with E-state index < -0.39 is 11.9 Å². The molecule has 1 amide bonds. The van der Waals surface area contributed by atoms with Crippen LogP contribution in [-0.2, 0) is 16.2 Å². The van der Waals surface area contributed by atoms with Gasteiger partial charge in [0.25, 0.3) is 0 Å². The molecule has 0 spiro atoms. The number of piperidine rings is 1. The molecule has 1 fully saturated rings. The van der Waals surface area contributed by atoms with Crippen molar-refractivity contribution in [3.8, 4) is 0 Å². The molecule has 1 heterocycles. The molecule has 1 aliphatic heterocycles. The van der Waals surface area contributed by atoms with Crippen LogP contribution in [0.3, 0.4) is 0 Å². The molecule has 96 valence electrons. The summed E-state index contributed by atoms with van der Waals surface area (Å²) in [7, 11) is 0. The first kappa shape index (κ1) is 12.6. The number of hydrogen-bond donors (Lipinski definition) is 2. The minimum absolute atomic E-state index is 0.0496. The van der Waals surface area contributed by atoms with Gasteiger partial charge in [0.2, 0.25) is 5.91 Å². The van der Waals surface area contributed by atoms with Crippen LogP contribution in [-0.4, -0.2) is 28.6 Å². The van der Waals surface area contributed by atoms with Crippen LogP contribution in [0.25, 0.3) is 0 Å². The zero-order valence-corrected chi connectivity index (χ0v) is 9.87. The number of aliphatic carboxylic acids is 1. The lowest BCUT2D eigenvalue weighted by atomic mass is 9.97. The lowest BCUT2D eigenvalue weighted by Crippen LogP contribution is -2.42. The van der Waals surface area contributed by atoms with E-state index in [1.54, 1.807) is 24.3 Å². The fourth-order valence-electron chi connectivity index (χ4n) is 2.08. The number of amides is 1. The third kappa shape index (κ3) is 2.51. The van der Waals surface area contributed by atoms with E-state index >= 15 is 0 Å². The number of rotatable bonds is 3. The Kier molecular flexibility index (Phi) is 3.62. The van der Waals surface area contributed by atoms with E-state index in [1.165, 1.54) is 4.90 Å². The lowest BCUT2D eigenvalue weighted by molar-refractivity contribution is -0.142. The molecule has 2 rings (SSSR count). The van der Waals surface area contributed by atoms with Crippen molar-refractivity contribution in [1.82, 2.24) is 0 Å². The first-order chi connectivity index (χ1) is 8.61. The Bertz CT molecular complexity index is 455. The molecule has 1 aromatic carbocycles. The van der Waals surface area contributed by atoms with Gasteiger partial charge in [-0.25, -0.2) is 0 Å². The van der Waals surface area contributed by atoms with Gasteiger partial charge in [-0.05, 0) is 24.1 Å². The largest absolute Gasteiger partial charge is 0.481 e. The normalized spacial score (nSPS) is 19.9. The zero-order valence-electron chi connectivity index (χ0n) is 9.87. The Hall–Kier alpha value is -1.88. The summed E-state index contributed by atoms with van der Waals surface area (Å²) in [6, 6.07) is 6.92. The average Bonchev–Trinajstić information content (AvgIpc) is 2.39. The average molecular weight is 249 g/mol. The molecule has 0 bridgehead atoms. The highest BCUT2D eigenvalue weighted by atomic mass is 16.4. The Labute approximate surface area is 105 Å². The standard InChI is InChI=1S/C13H15NO4/c15-8-9-1-4-11(5-2-9)14-7-10(13(17)18)3-6-12(14)16/h1-2,4-5,10,15H,3,6-8H2,(H,17,18). The molecule has 5 nitrogen and oxygen atoms in total. The second-order valence-corrected chi connectivity index (χ2v) is 4.40. The van der Waals surface area contributed by atoms with Crippen molar-refractivity contribution in [2.75, 3.05) is 11.4 Å². The topological polar surface area (TPSA) is 77.8 Å². The van der Waals surface area contributed by atoms with E-state index in [1.807, 2.05) is 0 Å². The second kappa shape index (κ2) is 5.18. The maximum atomic E-state index is 11.8. The number of anilines is 1. The van der Waals surface area contributed by atoms with Gasteiger partial charge in [-0.3, -0.25) is 9.59 Å². The minimum Gasteiger partial charge on any atom is -0.481 e. The lowest BCUT2D eigenvalue weighted by Gasteiger charge is -2.30. The van der Waals surface area contributed by atoms with Crippen LogP contribution in [0.4, 0.5) is 5.69 Å². The number of aliphatic hydroxyl groups is 1. The molecule has 5 heteroatoms. The van der Waals surface area contributed by atoms with Crippen molar-refractivity contribution in [2.45, 2.75) is 19.4 Å². The molecule has 2 N–H and O–H groups in total. The van der Waals surface area contributed by atoms with Gasteiger partial charge in [0.1, 0.15) is 0 Å². The van der Waals surface area contributed by atoms with Crippen molar-refractivity contribution in [1.29, 1.82) is 0 Å². The van der Waals surface area contributed by atoms with E-state index in [0.29, 0.717) is 12.1 Å². The summed E-state index contributed by atoms with van der Waals surface area (Å²) < 4.78 is 0. The highest BCUT2D eigenvalue weighted by Crippen LogP contribution is 2.24. The fraction of sp³-hybridized carbons (Fsp3) is 0.385. The Morgan fingerprint density at radius 1 is 1.33 bits per heavy atom. The summed E-state index contributed by atoms with van der Waals surface area (Å²) >= 11 is 0. The summed E-state index contributed by atoms with van der Waals surface area (Å²) in [6.45, 7) is 0.165. The molecule has 1 saturated heterocycles. The van der Waals surface area contributed by atoms with E-state index in [9.17, 15) is 9.59 Å². The van der Waals surface area contributed by atoms with Crippen LogP contribution in [0.1, 0.15) is 18.4 Å². The van der Waals surface area contributed by atoms with Crippen LogP contribution in [0.5, 0.6) is 0 Å². The number of carboxylic acids is 1. The smallest absolute Gasteiger partial charge is 0.308 e. The Morgan fingerprint density at radius 3 is 2.56 bits per heavy atom. The summed E-state index contributed by atoms with van der Waals surface area (Å²) in [4.78, 5) is 24.3. The van der Waals surface area contributed by atoms with Gasteiger partial charge in [-0.2, -0.15) is 0 Å². The molecular weight excluding hydrogens is 234 g/mol. The van der Waals surface area contributed by atoms with Crippen molar-refractivity contribution in [3.05, 3.63) is 29.8 Å². The quantitative estimate of drug-likeness (QED) is 0.838. The van der Waals surface area contributed by atoms with Crippen molar-refractivity contribution in [2.24, 2.45) is 5.92 Å². The molecule has 0 radical (unpaired) electrons. The molecule has 1 unspecified atom stereocenters. The third-order valence-corrected chi connectivity index (χ3v) is 3.19. The number of nitrogens with zero attached hydrogens (tertiary/aromatic N) is 1. The van der Waals surface area contributed by atoms with Gasteiger partial charge < -0.3 is 15.1 Å². The minimum atomic E-state index is -0.862.